The second-order valence-corrected chi connectivity index (χ2v) is 4.51. The molecule has 0 spiro atoms. The standard InChI is InChI=1S/C14H20FNO3/c1-10(16-14(18)7-8-19-2)9-13(17)11-3-5-12(15)6-4-11/h3-6,10,13,17H,7-9H2,1-2H3,(H,16,18). The molecule has 0 saturated carbocycles. The molecule has 0 fully saturated rings. The molecule has 0 radical (unpaired) electrons. The highest BCUT2D eigenvalue weighted by Gasteiger charge is 2.14. The summed E-state index contributed by atoms with van der Waals surface area (Å²) in [7, 11) is 1.54. The van der Waals surface area contributed by atoms with Gasteiger partial charge in [-0.3, -0.25) is 4.79 Å². The highest BCUT2D eigenvalue weighted by Crippen LogP contribution is 2.18. The van der Waals surface area contributed by atoms with Gasteiger partial charge in [-0.15, -0.1) is 0 Å². The van der Waals surface area contributed by atoms with Crippen LogP contribution in [0, 0.1) is 5.82 Å². The number of hydrogen-bond acceptors (Lipinski definition) is 3. The first-order valence-electron chi connectivity index (χ1n) is 6.24. The molecule has 1 aromatic carbocycles. The number of nitrogens with one attached hydrogen (secondary N) is 1. The molecule has 1 amide bonds. The van der Waals surface area contributed by atoms with Crippen molar-refractivity contribution in [2.45, 2.75) is 31.9 Å². The maximum Gasteiger partial charge on any atom is 0.222 e. The number of rotatable bonds is 7. The van der Waals surface area contributed by atoms with Gasteiger partial charge in [0.1, 0.15) is 5.82 Å². The van der Waals surface area contributed by atoms with Gasteiger partial charge in [0.2, 0.25) is 5.91 Å². The lowest BCUT2D eigenvalue weighted by molar-refractivity contribution is -0.122. The second kappa shape index (κ2) is 7.86. The largest absolute Gasteiger partial charge is 0.388 e. The molecule has 0 saturated heterocycles. The average molecular weight is 269 g/mol. The van der Waals surface area contributed by atoms with E-state index in [-0.39, 0.29) is 17.8 Å². The van der Waals surface area contributed by atoms with E-state index in [1.807, 2.05) is 6.92 Å². The molecular weight excluding hydrogens is 249 g/mol. The van der Waals surface area contributed by atoms with Crippen LogP contribution in [0.3, 0.4) is 0 Å². The fourth-order valence-electron chi connectivity index (χ4n) is 1.76. The minimum absolute atomic E-state index is 0.111. The predicted octanol–water partition coefficient (Wildman–Crippen LogP) is 1.79. The van der Waals surface area contributed by atoms with Gasteiger partial charge in [-0.1, -0.05) is 12.1 Å². The molecule has 4 nitrogen and oxygen atoms in total. The van der Waals surface area contributed by atoms with Gasteiger partial charge in [0.05, 0.1) is 12.7 Å². The first-order valence-corrected chi connectivity index (χ1v) is 6.24. The van der Waals surface area contributed by atoms with Crippen molar-refractivity contribution in [3.05, 3.63) is 35.6 Å². The third-order valence-corrected chi connectivity index (χ3v) is 2.77. The smallest absolute Gasteiger partial charge is 0.222 e. The van der Waals surface area contributed by atoms with E-state index in [4.69, 9.17) is 4.74 Å². The molecule has 5 heteroatoms. The fraction of sp³-hybridized carbons (Fsp3) is 0.500. The van der Waals surface area contributed by atoms with Gasteiger partial charge in [-0.25, -0.2) is 4.39 Å². The van der Waals surface area contributed by atoms with E-state index in [1.54, 1.807) is 12.1 Å². The predicted molar refractivity (Wildman–Crippen MR) is 70.1 cm³/mol. The number of amides is 1. The van der Waals surface area contributed by atoms with E-state index in [2.05, 4.69) is 5.32 Å². The number of aliphatic hydroxyl groups is 1. The van der Waals surface area contributed by atoms with Crippen LogP contribution in [0.15, 0.2) is 24.3 Å². The Labute approximate surface area is 112 Å². The van der Waals surface area contributed by atoms with Crippen molar-refractivity contribution in [3.8, 4) is 0 Å². The molecule has 1 aromatic rings. The van der Waals surface area contributed by atoms with E-state index in [9.17, 15) is 14.3 Å². The monoisotopic (exact) mass is 269 g/mol. The highest BCUT2D eigenvalue weighted by atomic mass is 19.1. The lowest BCUT2D eigenvalue weighted by Crippen LogP contribution is -2.34. The van der Waals surface area contributed by atoms with Crippen LogP contribution in [0.4, 0.5) is 4.39 Å². The number of hydrogen-bond donors (Lipinski definition) is 2. The van der Waals surface area contributed by atoms with Crippen molar-refractivity contribution >= 4 is 5.91 Å². The summed E-state index contributed by atoms with van der Waals surface area (Å²) >= 11 is 0. The molecular formula is C14H20FNO3. The molecule has 0 aliphatic heterocycles. The van der Waals surface area contributed by atoms with Crippen molar-refractivity contribution in [3.63, 3.8) is 0 Å². The normalized spacial score (nSPS) is 13.9. The van der Waals surface area contributed by atoms with E-state index >= 15 is 0 Å². The van der Waals surface area contributed by atoms with Crippen LogP contribution in [0.5, 0.6) is 0 Å². The summed E-state index contributed by atoms with van der Waals surface area (Å²) in [5.74, 6) is -0.447. The second-order valence-electron chi connectivity index (χ2n) is 4.51. The Morgan fingerprint density at radius 3 is 2.63 bits per heavy atom. The first-order chi connectivity index (χ1) is 9.02. The lowest BCUT2D eigenvalue weighted by Gasteiger charge is -2.18. The molecule has 0 aliphatic carbocycles. The number of ether oxygens (including phenoxy) is 1. The molecule has 19 heavy (non-hydrogen) atoms. The Bertz CT molecular complexity index is 394. The van der Waals surface area contributed by atoms with Gasteiger partial charge in [0.25, 0.3) is 0 Å². The molecule has 1 rings (SSSR count). The van der Waals surface area contributed by atoms with Crippen LogP contribution in [-0.4, -0.2) is 30.8 Å². The molecule has 0 aromatic heterocycles. The molecule has 0 heterocycles. The number of benzene rings is 1. The third kappa shape index (κ3) is 5.81. The lowest BCUT2D eigenvalue weighted by atomic mass is 10.0. The molecule has 2 unspecified atom stereocenters. The molecule has 0 aliphatic rings. The van der Waals surface area contributed by atoms with E-state index in [0.717, 1.165) is 0 Å². The summed E-state index contributed by atoms with van der Waals surface area (Å²) in [6.45, 7) is 2.19. The summed E-state index contributed by atoms with van der Waals surface area (Å²) in [4.78, 5) is 11.5. The quantitative estimate of drug-likeness (QED) is 0.793. The van der Waals surface area contributed by atoms with E-state index in [0.29, 0.717) is 25.0 Å². The van der Waals surface area contributed by atoms with Crippen LogP contribution in [0.2, 0.25) is 0 Å². The minimum Gasteiger partial charge on any atom is -0.388 e. The average Bonchev–Trinajstić information content (AvgIpc) is 2.36. The summed E-state index contributed by atoms with van der Waals surface area (Å²) in [5, 5.41) is 12.7. The zero-order valence-corrected chi connectivity index (χ0v) is 11.2. The Morgan fingerprint density at radius 2 is 2.05 bits per heavy atom. The van der Waals surface area contributed by atoms with Crippen LogP contribution < -0.4 is 5.32 Å². The van der Waals surface area contributed by atoms with Crippen molar-refractivity contribution in [2.75, 3.05) is 13.7 Å². The van der Waals surface area contributed by atoms with E-state index < -0.39 is 6.10 Å². The summed E-state index contributed by atoms with van der Waals surface area (Å²) in [5.41, 5.74) is 0.638. The number of carbonyl (C=O) groups is 1. The number of aliphatic hydroxyl groups excluding tert-OH is 1. The molecule has 106 valence electrons. The van der Waals surface area contributed by atoms with Gasteiger partial charge in [0, 0.05) is 19.6 Å². The van der Waals surface area contributed by atoms with Gasteiger partial charge < -0.3 is 15.2 Å². The zero-order valence-electron chi connectivity index (χ0n) is 11.2. The van der Waals surface area contributed by atoms with Crippen molar-refractivity contribution < 1.29 is 19.0 Å². The maximum absolute atomic E-state index is 12.8. The topological polar surface area (TPSA) is 58.6 Å². The molecule has 2 atom stereocenters. The fourth-order valence-corrected chi connectivity index (χ4v) is 1.76. The molecule has 0 bridgehead atoms. The SMILES string of the molecule is COCCC(=O)NC(C)CC(O)c1ccc(F)cc1. The van der Waals surface area contributed by atoms with E-state index in [1.165, 1.54) is 19.2 Å². The number of halogens is 1. The van der Waals surface area contributed by atoms with Crippen molar-refractivity contribution in [1.29, 1.82) is 0 Å². The van der Waals surface area contributed by atoms with Crippen molar-refractivity contribution in [1.82, 2.24) is 5.32 Å². The zero-order chi connectivity index (χ0) is 14.3. The maximum atomic E-state index is 12.8. The summed E-state index contributed by atoms with van der Waals surface area (Å²) in [6, 6.07) is 5.53. The Balaban J connectivity index is 2.41. The minimum atomic E-state index is -0.724. The Kier molecular flexibility index (Phi) is 6.45. The number of carbonyl (C=O) groups excluding carboxylic acids is 1. The van der Waals surface area contributed by atoms with Crippen LogP contribution in [0.1, 0.15) is 31.4 Å². The van der Waals surface area contributed by atoms with Gasteiger partial charge in [-0.2, -0.15) is 0 Å². The Morgan fingerprint density at radius 1 is 1.42 bits per heavy atom. The number of methoxy groups -OCH3 is 1. The van der Waals surface area contributed by atoms with Crippen LogP contribution in [0.25, 0.3) is 0 Å². The third-order valence-electron chi connectivity index (χ3n) is 2.77. The van der Waals surface area contributed by atoms with Crippen molar-refractivity contribution in [2.24, 2.45) is 0 Å². The highest BCUT2D eigenvalue weighted by molar-refractivity contribution is 5.76. The van der Waals surface area contributed by atoms with Gasteiger partial charge >= 0.3 is 0 Å². The first kappa shape index (κ1) is 15.6. The van der Waals surface area contributed by atoms with Crippen LogP contribution in [-0.2, 0) is 9.53 Å². The van der Waals surface area contributed by atoms with Gasteiger partial charge in [0.15, 0.2) is 0 Å². The Hall–Kier alpha value is -1.46. The van der Waals surface area contributed by atoms with Gasteiger partial charge in [-0.05, 0) is 31.0 Å². The molecule has 2 N–H and O–H groups in total. The summed E-state index contributed by atoms with van der Waals surface area (Å²) in [6.07, 6.45) is -0.0454. The van der Waals surface area contributed by atoms with Crippen LogP contribution >= 0.6 is 0 Å². The summed E-state index contributed by atoms with van der Waals surface area (Å²) < 4.78 is 17.6.